The van der Waals surface area contributed by atoms with Crippen LogP contribution in [0.2, 0.25) is 0 Å². The summed E-state index contributed by atoms with van der Waals surface area (Å²) in [7, 11) is 1.87. The lowest BCUT2D eigenvalue weighted by molar-refractivity contribution is -0.255. The van der Waals surface area contributed by atoms with Gasteiger partial charge in [0.1, 0.15) is 11.5 Å². The summed E-state index contributed by atoms with van der Waals surface area (Å²) in [6.45, 7) is 10.1. The molecule has 4 rings (SSSR count). The normalized spacial score (nSPS) is 12.5. The highest BCUT2D eigenvalue weighted by Crippen LogP contribution is 2.38. The summed E-state index contributed by atoms with van der Waals surface area (Å²) < 4.78 is 6.20. The minimum absolute atomic E-state index is 0.0306. The summed E-state index contributed by atoms with van der Waals surface area (Å²) in [6, 6.07) is 16.2. The maximum absolute atomic E-state index is 12.8. The van der Waals surface area contributed by atoms with E-state index in [-0.39, 0.29) is 11.3 Å². The van der Waals surface area contributed by atoms with Crippen LogP contribution in [0.3, 0.4) is 0 Å². The van der Waals surface area contributed by atoms with Gasteiger partial charge in [0.2, 0.25) is 0 Å². The SMILES string of the molecule is C=c1ccc2c(c1)Oc1cc(CNC)ccc1C=2c1ccc(C(=O)C(C)(C)C)cc1C(=O)[O-]. The molecule has 5 heteroatoms. The summed E-state index contributed by atoms with van der Waals surface area (Å²) in [5.41, 5.74) is 2.69. The van der Waals surface area contributed by atoms with Crippen LogP contribution in [0.15, 0.2) is 54.6 Å². The van der Waals surface area contributed by atoms with Crippen molar-refractivity contribution in [2.24, 2.45) is 5.41 Å². The predicted octanol–water partition coefficient (Wildman–Crippen LogP) is 2.76. The number of carboxylic acid groups (broad SMARTS) is 1. The number of ether oxygens (including phenoxy) is 1. The van der Waals surface area contributed by atoms with Crippen LogP contribution in [0.4, 0.5) is 0 Å². The second-order valence-corrected chi connectivity index (χ2v) is 9.30. The van der Waals surface area contributed by atoms with Gasteiger partial charge in [-0.25, -0.2) is 0 Å². The number of carboxylic acids is 1. The zero-order valence-corrected chi connectivity index (χ0v) is 19.2. The van der Waals surface area contributed by atoms with Gasteiger partial charge >= 0.3 is 0 Å². The second kappa shape index (κ2) is 8.34. The third kappa shape index (κ3) is 4.20. The zero-order valence-electron chi connectivity index (χ0n) is 19.2. The van der Waals surface area contributed by atoms with Gasteiger partial charge in [-0.1, -0.05) is 63.7 Å². The third-order valence-corrected chi connectivity index (χ3v) is 5.68. The van der Waals surface area contributed by atoms with Gasteiger partial charge in [0.15, 0.2) is 5.78 Å². The first kappa shape index (κ1) is 22.5. The highest BCUT2D eigenvalue weighted by molar-refractivity contribution is 6.04. The average Bonchev–Trinajstić information content (AvgIpc) is 2.76. The molecule has 1 N–H and O–H groups in total. The molecular weight excluding hydrogens is 414 g/mol. The number of Topliss-reactive ketones (excluding diaryl/α,β-unsaturated/α-hetero) is 1. The van der Waals surface area contributed by atoms with Crippen LogP contribution in [0.1, 0.15) is 58.2 Å². The zero-order chi connectivity index (χ0) is 23.9. The van der Waals surface area contributed by atoms with Crippen LogP contribution in [0, 0.1) is 5.41 Å². The Balaban J connectivity index is 2.02. The Hall–Kier alpha value is -3.70. The van der Waals surface area contributed by atoms with Crippen molar-refractivity contribution in [1.82, 2.24) is 5.32 Å². The number of hydrogen-bond acceptors (Lipinski definition) is 5. The number of carbonyl (C=O) groups excluding carboxylic acids is 2. The van der Waals surface area contributed by atoms with E-state index in [9.17, 15) is 14.7 Å². The summed E-state index contributed by atoms with van der Waals surface area (Å²) in [5, 5.41) is 16.9. The Morgan fingerprint density at radius 2 is 1.70 bits per heavy atom. The first-order valence-electron chi connectivity index (χ1n) is 10.8. The summed E-state index contributed by atoms with van der Waals surface area (Å²) >= 11 is 0. The fourth-order valence-electron chi connectivity index (χ4n) is 4.09. The van der Waals surface area contributed by atoms with Gasteiger partial charge in [-0.05, 0) is 41.6 Å². The van der Waals surface area contributed by atoms with E-state index in [1.807, 2.05) is 43.4 Å². The number of rotatable bonds is 5. The van der Waals surface area contributed by atoms with Crippen molar-refractivity contribution >= 4 is 23.9 Å². The molecule has 0 spiro atoms. The summed E-state index contributed by atoms with van der Waals surface area (Å²) in [6.07, 6.45) is 0. The van der Waals surface area contributed by atoms with Gasteiger partial charge in [-0.2, -0.15) is 0 Å². The van der Waals surface area contributed by atoms with E-state index in [0.29, 0.717) is 29.2 Å². The first-order valence-corrected chi connectivity index (χ1v) is 10.8. The van der Waals surface area contributed by atoms with Crippen LogP contribution in [-0.2, 0) is 6.54 Å². The largest absolute Gasteiger partial charge is 0.545 e. The van der Waals surface area contributed by atoms with E-state index < -0.39 is 11.4 Å². The molecule has 0 saturated carbocycles. The van der Waals surface area contributed by atoms with Crippen molar-refractivity contribution in [3.8, 4) is 11.5 Å². The number of aromatic carboxylic acids is 1. The van der Waals surface area contributed by atoms with Crippen LogP contribution >= 0.6 is 0 Å². The molecule has 1 aliphatic rings. The van der Waals surface area contributed by atoms with E-state index in [1.165, 1.54) is 6.07 Å². The molecule has 0 unspecified atom stereocenters. The second-order valence-electron chi connectivity index (χ2n) is 9.30. The standard InChI is InChI=1S/C28H27NO4/c1-16-6-9-20-23(12-16)33-24-13-17(15-29-5)7-10-21(24)25(20)19-11-8-18(14-22(19)27(31)32)26(30)28(2,3)4/h6-14,29H,1,15H2,2-5H3,(H,31,32)/p-1. The molecule has 5 nitrogen and oxygen atoms in total. The smallest absolute Gasteiger partial charge is 0.168 e. The Morgan fingerprint density at radius 3 is 2.36 bits per heavy atom. The number of benzene rings is 3. The van der Waals surface area contributed by atoms with E-state index >= 15 is 0 Å². The molecule has 0 aliphatic carbocycles. The van der Waals surface area contributed by atoms with Gasteiger partial charge in [-0.15, -0.1) is 0 Å². The van der Waals surface area contributed by atoms with Crippen molar-refractivity contribution in [2.45, 2.75) is 27.3 Å². The van der Waals surface area contributed by atoms with Crippen LogP contribution in [-0.4, -0.2) is 18.8 Å². The van der Waals surface area contributed by atoms with Gasteiger partial charge in [0, 0.05) is 39.4 Å². The molecule has 0 fully saturated rings. The molecule has 3 aromatic rings. The van der Waals surface area contributed by atoms with Crippen molar-refractivity contribution in [2.75, 3.05) is 7.05 Å². The maximum atomic E-state index is 12.8. The van der Waals surface area contributed by atoms with Crippen molar-refractivity contribution in [3.05, 3.63) is 92.9 Å². The van der Waals surface area contributed by atoms with Crippen molar-refractivity contribution in [1.29, 1.82) is 0 Å². The van der Waals surface area contributed by atoms with Gasteiger partial charge in [-0.3, -0.25) is 4.79 Å². The Labute approximate surface area is 193 Å². The Bertz CT molecular complexity index is 1400. The van der Waals surface area contributed by atoms with Gasteiger partial charge in [0.05, 0.1) is 5.97 Å². The number of ketones is 1. The monoisotopic (exact) mass is 440 g/mol. The first-order chi connectivity index (χ1) is 15.6. The molecule has 168 valence electrons. The number of nitrogens with one attached hydrogen (secondary N) is 1. The van der Waals surface area contributed by atoms with Crippen LogP contribution in [0.25, 0.3) is 12.2 Å². The fourth-order valence-corrected chi connectivity index (χ4v) is 4.09. The molecule has 0 saturated heterocycles. The Morgan fingerprint density at radius 1 is 0.970 bits per heavy atom. The van der Waals surface area contributed by atoms with Gasteiger partial charge < -0.3 is 20.0 Å². The molecule has 0 radical (unpaired) electrons. The lowest BCUT2D eigenvalue weighted by atomic mass is 9.83. The minimum atomic E-state index is -1.34. The number of hydrogen-bond donors (Lipinski definition) is 1. The number of fused-ring (bicyclic) bond motifs is 2. The molecule has 1 heterocycles. The highest BCUT2D eigenvalue weighted by atomic mass is 16.5. The molecular formula is C28H26NO4-. The Kier molecular flexibility index (Phi) is 5.68. The fraction of sp³-hybridized carbons (Fsp3) is 0.214. The molecule has 0 atom stereocenters. The molecule has 33 heavy (non-hydrogen) atoms. The molecule has 0 aromatic heterocycles. The third-order valence-electron chi connectivity index (χ3n) is 5.68. The van der Waals surface area contributed by atoms with Crippen LogP contribution in [0.5, 0.6) is 11.5 Å². The summed E-state index contributed by atoms with van der Waals surface area (Å²) in [4.78, 5) is 25.0. The topological polar surface area (TPSA) is 78.5 Å². The predicted molar refractivity (Wildman–Crippen MR) is 127 cm³/mol. The highest BCUT2D eigenvalue weighted by Gasteiger charge is 2.26. The molecule has 0 bridgehead atoms. The lowest BCUT2D eigenvalue weighted by Gasteiger charge is -2.24. The summed E-state index contributed by atoms with van der Waals surface area (Å²) in [5.74, 6) is -0.232. The van der Waals surface area contributed by atoms with E-state index in [1.54, 1.807) is 32.9 Å². The average molecular weight is 441 g/mol. The van der Waals surface area contributed by atoms with Crippen LogP contribution < -0.4 is 25.6 Å². The van der Waals surface area contributed by atoms with Crippen molar-refractivity contribution in [3.63, 3.8) is 0 Å². The minimum Gasteiger partial charge on any atom is -0.545 e. The molecule has 1 aliphatic heterocycles. The van der Waals surface area contributed by atoms with Gasteiger partial charge in [0.25, 0.3) is 0 Å². The maximum Gasteiger partial charge on any atom is 0.168 e. The quantitative estimate of drug-likeness (QED) is 0.483. The van der Waals surface area contributed by atoms with E-state index in [0.717, 1.165) is 27.1 Å². The number of carbonyl (C=O) groups is 2. The van der Waals surface area contributed by atoms with Crippen molar-refractivity contribution < 1.29 is 19.4 Å². The lowest BCUT2D eigenvalue weighted by Crippen LogP contribution is -2.27. The van der Waals surface area contributed by atoms with E-state index in [2.05, 4.69) is 11.9 Å². The van der Waals surface area contributed by atoms with E-state index in [4.69, 9.17) is 4.74 Å². The molecule has 0 amide bonds. The molecule has 3 aromatic carbocycles.